The Hall–Kier alpha value is -2.45. The van der Waals surface area contributed by atoms with Crippen LogP contribution in [0.25, 0.3) is 10.8 Å². The number of ether oxygens (including phenoxy) is 1. The minimum Gasteiger partial charge on any atom is -0.377 e. The number of amides is 1. The number of carbonyl (C=O) groups excluding carboxylic acids is 1. The summed E-state index contributed by atoms with van der Waals surface area (Å²) in [5.41, 5.74) is 1.20. The molecule has 1 heterocycles. The van der Waals surface area contributed by atoms with E-state index in [1.807, 2.05) is 49.4 Å². The van der Waals surface area contributed by atoms with Gasteiger partial charge in [0, 0.05) is 18.7 Å². The molecule has 32 heavy (non-hydrogen) atoms. The molecule has 0 radical (unpaired) electrons. The van der Waals surface area contributed by atoms with E-state index in [1.165, 1.54) is 18.2 Å². The quantitative estimate of drug-likeness (QED) is 0.532. The van der Waals surface area contributed by atoms with Crippen LogP contribution in [-0.4, -0.2) is 33.6 Å². The lowest BCUT2D eigenvalue weighted by Crippen LogP contribution is -2.32. The fourth-order valence-corrected chi connectivity index (χ4v) is 5.51. The molecular weight excluding hydrogens is 448 g/mol. The standard InChI is InChI=1S/C24H25ClN2O4S/c1-16(20-10-4-7-17-6-2-3-9-21(17)20)27-24(28)18-11-12-22(25)23(14-18)32(29,30)26-15-19-8-5-13-31-19/h2-4,6-7,9-12,14,16,19,26H,5,8,13,15H2,1H3,(H,27,28). The molecule has 1 saturated heterocycles. The molecular formula is C24H25ClN2O4S. The molecule has 1 aliphatic heterocycles. The van der Waals surface area contributed by atoms with Gasteiger partial charge in [-0.2, -0.15) is 0 Å². The van der Waals surface area contributed by atoms with Gasteiger partial charge in [0.05, 0.1) is 17.2 Å². The fraction of sp³-hybridized carbons (Fsp3) is 0.292. The van der Waals surface area contributed by atoms with E-state index in [9.17, 15) is 13.2 Å². The highest BCUT2D eigenvalue weighted by atomic mass is 35.5. The molecule has 3 aromatic rings. The van der Waals surface area contributed by atoms with E-state index < -0.39 is 10.0 Å². The van der Waals surface area contributed by atoms with Crippen molar-refractivity contribution in [2.45, 2.75) is 36.8 Å². The number of benzene rings is 3. The van der Waals surface area contributed by atoms with E-state index in [0.717, 1.165) is 29.2 Å². The highest BCUT2D eigenvalue weighted by Gasteiger charge is 2.24. The number of halogens is 1. The van der Waals surface area contributed by atoms with Crippen LogP contribution >= 0.6 is 11.6 Å². The number of nitrogens with one attached hydrogen (secondary N) is 2. The van der Waals surface area contributed by atoms with Crippen LogP contribution in [0.1, 0.15) is 41.7 Å². The first-order chi connectivity index (χ1) is 15.3. The molecule has 3 aromatic carbocycles. The van der Waals surface area contributed by atoms with Crippen LogP contribution in [0.4, 0.5) is 0 Å². The molecule has 4 rings (SSSR count). The van der Waals surface area contributed by atoms with Crippen molar-refractivity contribution < 1.29 is 17.9 Å². The molecule has 0 aliphatic carbocycles. The van der Waals surface area contributed by atoms with Gasteiger partial charge in [0.1, 0.15) is 4.90 Å². The Kier molecular flexibility index (Phi) is 6.81. The number of hydrogen-bond donors (Lipinski definition) is 2. The van der Waals surface area contributed by atoms with Gasteiger partial charge in [-0.05, 0) is 54.3 Å². The Morgan fingerprint density at radius 3 is 2.72 bits per heavy atom. The zero-order valence-electron chi connectivity index (χ0n) is 17.7. The fourth-order valence-electron chi connectivity index (χ4n) is 3.92. The summed E-state index contributed by atoms with van der Waals surface area (Å²) < 4.78 is 33.6. The Labute approximate surface area is 193 Å². The first-order valence-corrected chi connectivity index (χ1v) is 12.4. The SMILES string of the molecule is CC(NC(=O)c1ccc(Cl)c(S(=O)(=O)NCC2CCCO2)c1)c1cccc2ccccc12. The zero-order valence-corrected chi connectivity index (χ0v) is 19.2. The van der Waals surface area contributed by atoms with Crippen LogP contribution in [0, 0.1) is 0 Å². The van der Waals surface area contributed by atoms with Crippen molar-refractivity contribution in [2.24, 2.45) is 0 Å². The molecule has 2 atom stereocenters. The second-order valence-electron chi connectivity index (χ2n) is 7.90. The lowest BCUT2D eigenvalue weighted by molar-refractivity contribution is 0.0940. The Morgan fingerprint density at radius 1 is 1.16 bits per heavy atom. The van der Waals surface area contributed by atoms with Crippen LogP contribution in [0.15, 0.2) is 65.6 Å². The summed E-state index contributed by atoms with van der Waals surface area (Å²) in [4.78, 5) is 12.8. The lowest BCUT2D eigenvalue weighted by Gasteiger charge is -2.17. The van der Waals surface area contributed by atoms with Gasteiger partial charge >= 0.3 is 0 Å². The largest absolute Gasteiger partial charge is 0.377 e. The molecule has 0 saturated carbocycles. The molecule has 1 aliphatic rings. The molecule has 8 heteroatoms. The van der Waals surface area contributed by atoms with Gasteiger partial charge in [0.25, 0.3) is 5.91 Å². The first kappa shape index (κ1) is 22.7. The third kappa shape index (κ3) is 4.96. The molecule has 1 amide bonds. The van der Waals surface area contributed by atoms with Crippen LogP contribution in [0.5, 0.6) is 0 Å². The van der Waals surface area contributed by atoms with Crippen molar-refractivity contribution in [1.29, 1.82) is 0 Å². The van der Waals surface area contributed by atoms with E-state index in [0.29, 0.717) is 6.61 Å². The maximum atomic E-state index is 12.9. The predicted octanol–water partition coefficient (Wildman–Crippen LogP) is 4.44. The lowest BCUT2D eigenvalue weighted by atomic mass is 9.99. The Morgan fingerprint density at radius 2 is 1.94 bits per heavy atom. The summed E-state index contributed by atoms with van der Waals surface area (Å²) in [6.07, 6.45) is 1.58. The molecule has 0 bridgehead atoms. The smallest absolute Gasteiger partial charge is 0.251 e. The van der Waals surface area contributed by atoms with E-state index in [2.05, 4.69) is 10.0 Å². The predicted molar refractivity (Wildman–Crippen MR) is 125 cm³/mol. The molecule has 0 spiro atoms. The summed E-state index contributed by atoms with van der Waals surface area (Å²) in [5, 5.41) is 5.16. The number of fused-ring (bicyclic) bond motifs is 1. The van der Waals surface area contributed by atoms with E-state index in [4.69, 9.17) is 16.3 Å². The summed E-state index contributed by atoms with van der Waals surface area (Å²) in [6, 6.07) is 17.9. The van der Waals surface area contributed by atoms with Gasteiger partial charge in [0.15, 0.2) is 0 Å². The van der Waals surface area contributed by atoms with Crippen molar-refractivity contribution in [3.05, 3.63) is 76.8 Å². The van der Waals surface area contributed by atoms with Crippen molar-refractivity contribution in [3.8, 4) is 0 Å². The van der Waals surface area contributed by atoms with Crippen molar-refractivity contribution in [1.82, 2.24) is 10.0 Å². The van der Waals surface area contributed by atoms with Gasteiger partial charge in [-0.15, -0.1) is 0 Å². The number of carbonyl (C=O) groups is 1. The summed E-state index contributed by atoms with van der Waals surface area (Å²) >= 11 is 6.17. The first-order valence-electron chi connectivity index (χ1n) is 10.5. The second kappa shape index (κ2) is 9.58. The summed E-state index contributed by atoms with van der Waals surface area (Å²) in [7, 11) is -3.89. The maximum Gasteiger partial charge on any atom is 0.251 e. The van der Waals surface area contributed by atoms with E-state index in [-0.39, 0.29) is 40.1 Å². The monoisotopic (exact) mass is 472 g/mol. The van der Waals surface area contributed by atoms with Gasteiger partial charge < -0.3 is 10.1 Å². The third-order valence-electron chi connectivity index (χ3n) is 5.65. The second-order valence-corrected chi connectivity index (χ2v) is 10.0. The minimum atomic E-state index is -3.89. The van der Waals surface area contributed by atoms with Crippen LogP contribution in [0.2, 0.25) is 5.02 Å². The van der Waals surface area contributed by atoms with Gasteiger partial charge in [0.2, 0.25) is 10.0 Å². The van der Waals surface area contributed by atoms with Crippen molar-refractivity contribution in [2.75, 3.05) is 13.2 Å². The highest BCUT2D eigenvalue weighted by molar-refractivity contribution is 7.89. The van der Waals surface area contributed by atoms with Crippen LogP contribution in [-0.2, 0) is 14.8 Å². The zero-order chi connectivity index (χ0) is 22.7. The van der Waals surface area contributed by atoms with E-state index >= 15 is 0 Å². The molecule has 1 fully saturated rings. The normalized spacial score (nSPS) is 17.4. The molecule has 6 nitrogen and oxygen atoms in total. The maximum absolute atomic E-state index is 12.9. The van der Waals surface area contributed by atoms with Crippen LogP contribution < -0.4 is 10.0 Å². The molecule has 2 N–H and O–H groups in total. The molecule has 168 valence electrons. The van der Waals surface area contributed by atoms with Crippen LogP contribution in [0.3, 0.4) is 0 Å². The Balaban J connectivity index is 1.52. The average molecular weight is 473 g/mol. The van der Waals surface area contributed by atoms with Crippen molar-refractivity contribution >= 4 is 38.3 Å². The van der Waals surface area contributed by atoms with E-state index in [1.54, 1.807) is 0 Å². The number of sulfonamides is 1. The number of rotatable bonds is 7. The summed E-state index contributed by atoms with van der Waals surface area (Å²) in [6.45, 7) is 2.71. The highest BCUT2D eigenvalue weighted by Crippen LogP contribution is 2.26. The third-order valence-corrected chi connectivity index (χ3v) is 7.55. The van der Waals surface area contributed by atoms with Gasteiger partial charge in [-0.1, -0.05) is 54.1 Å². The minimum absolute atomic E-state index is 0.0588. The molecule has 0 aromatic heterocycles. The van der Waals surface area contributed by atoms with Gasteiger partial charge in [-0.25, -0.2) is 13.1 Å². The number of hydrogen-bond acceptors (Lipinski definition) is 4. The average Bonchev–Trinajstić information content (AvgIpc) is 3.31. The summed E-state index contributed by atoms with van der Waals surface area (Å²) in [5.74, 6) is -0.377. The Bertz CT molecular complexity index is 1230. The topological polar surface area (TPSA) is 84.5 Å². The molecule has 2 unspecified atom stereocenters. The van der Waals surface area contributed by atoms with Crippen molar-refractivity contribution in [3.63, 3.8) is 0 Å². The van der Waals surface area contributed by atoms with Gasteiger partial charge in [-0.3, -0.25) is 4.79 Å².